The molecule has 1 amide bonds. The molecule has 2 N–H and O–H groups in total. The number of benzene rings is 1. The summed E-state index contributed by atoms with van der Waals surface area (Å²) in [6, 6.07) is 5.41. The van der Waals surface area contributed by atoms with E-state index in [0.717, 1.165) is 9.35 Å². The van der Waals surface area contributed by atoms with Crippen LogP contribution in [0.25, 0.3) is 0 Å². The average Bonchev–Trinajstić information content (AvgIpc) is 2.83. The van der Waals surface area contributed by atoms with Crippen LogP contribution in [-0.2, 0) is 11.2 Å². The predicted octanol–water partition coefficient (Wildman–Crippen LogP) is 4.24. The van der Waals surface area contributed by atoms with E-state index in [0.29, 0.717) is 0 Å². The van der Waals surface area contributed by atoms with E-state index in [4.69, 9.17) is 23.2 Å². The van der Waals surface area contributed by atoms with E-state index < -0.39 is 17.9 Å². The molecule has 0 aliphatic rings. The molecule has 1 heterocycles. The summed E-state index contributed by atoms with van der Waals surface area (Å²) in [7, 11) is 0. The minimum atomic E-state index is -1.12. The average molecular weight is 423 g/mol. The van der Waals surface area contributed by atoms with Crippen molar-refractivity contribution in [2.45, 2.75) is 12.5 Å². The molecular weight excluding hydrogens is 413 g/mol. The first-order valence-corrected chi connectivity index (χ1v) is 8.52. The van der Waals surface area contributed by atoms with Gasteiger partial charge in [-0.25, -0.2) is 4.79 Å². The van der Waals surface area contributed by atoms with Gasteiger partial charge in [0.2, 0.25) is 0 Å². The minimum Gasteiger partial charge on any atom is -0.480 e. The maximum atomic E-state index is 12.2. The quantitative estimate of drug-likeness (QED) is 0.756. The fourth-order valence-corrected chi connectivity index (χ4v) is 3.87. The molecule has 116 valence electrons. The lowest BCUT2D eigenvalue weighted by Gasteiger charge is -2.15. The third-order valence-electron chi connectivity index (χ3n) is 2.82. The number of carboxylic acids is 1. The molecule has 2 aromatic rings. The Morgan fingerprint density at radius 2 is 1.95 bits per heavy atom. The Kier molecular flexibility index (Phi) is 5.86. The lowest BCUT2D eigenvalue weighted by molar-refractivity contribution is -0.139. The van der Waals surface area contributed by atoms with Gasteiger partial charge in [0.05, 0.1) is 15.6 Å². The van der Waals surface area contributed by atoms with Gasteiger partial charge in [-0.15, -0.1) is 11.3 Å². The number of carbonyl (C=O) groups is 2. The molecule has 1 atom stereocenters. The normalized spacial score (nSPS) is 12.0. The van der Waals surface area contributed by atoms with Gasteiger partial charge in [-0.3, -0.25) is 4.79 Å². The van der Waals surface area contributed by atoms with Crippen molar-refractivity contribution < 1.29 is 14.7 Å². The van der Waals surface area contributed by atoms with Crippen LogP contribution in [0, 0.1) is 0 Å². The molecule has 1 aromatic carbocycles. The van der Waals surface area contributed by atoms with Crippen LogP contribution < -0.4 is 5.32 Å². The molecule has 0 aliphatic heterocycles. The first-order valence-electron chi connectivity index (χ1n) is 6.09. The molecule has 0 spiro atoms. The molecule has 0 saturated carbocycles. The maximum Gasteiger partial charge on any atom is 0.326 e. The lowest BCUT2D eigenvalue weighted by Crippen LogP contribution is -2.42. The van der Waals surface area contributed by atoms with E-state index in [-0.39, 0.29) is 22.0 Å². The number of halogens is 3. The number of aliphatic carboxylic acids is 1. The van der Waals surface area contributed by atoms with Crippen LogP contribution in [0.3, 0.4) is 0 Å². The fourth-order valence-electron chi connectivity index (χ4n) is 1.81. The molecule has 0 bridgehead atoms. The SMILES string of the molecule is O=C(N[C@@H](Cc1cc(Br)cs1)C(=O)O)c1c(Cl)cccc1Cl. The Labute approximate surface area is 149 Å². The molecule has 2 rings (SSSR count). The molecule has 1 aromatic heterocycles. The standard InChI is InChI=1S/C14H10BrCl2NO3S/c15-7-4-8(22-6-7)5-11(14(20)21)18-13(19)12-9(16)2-1-3-10(12)17/h1-4,6,11H,5H2,(H,18,19)(H,20,21)/t11-/m0/s1. The van der Waals surface area contributed by atoms with Gasteiger partial charge in [0.15, 0.2) is 0 Å². The topological polar surface area (TPSA) is 66.4 Å². The largest absolute Gasteiger partial charge is 0.480 e. The van der Waals surface area contributed by atoms with E-state index >= 15 is 0 Å². The number of carboxylic acid groups (broad SMARTS) is 1. The number of carbonyl (C=O) groups excluding carboxylic acids is 1. The highest BCUT2D eigenvalue weighted by Crippen LogP contribution is 2.25. The van der Waals surface area contributed by atoms with E-state index in [1.54, 1.807) is 6.07 Å². The number of rotatable bonds is 5. The molecule has 0 unspecified atom stereocenters. The summed E-state index contributed by atoms with van der Waals surface area (Å²) in [5.41, 5.74) is 0.0736. The fraction of sp³-hybridized carbons (Fsp3) is 0.143. The summed E-state index contributed by atoms with van der Waals surface area (Å²) in [5.74, 6) is -1.74. The Morgan fingerprint density at radius 3 is 2.45 bits per heavy atom. The van der Waals surface area contributed by atoms with E-state index in [9.17, 15) is 14.7 Å². The van der Waals surface area contributed by atoms with Crippen molar-refractivity contribution in [1.82, 2.24) is 5.32 Å². The Morgan fingerprint density at radius 1 is 1.32 bits per heavy atom. The highest BCUT2D eigenvalue weighted by Gasteiger charge is 2.24. The number of nitrogens with one attached hydrogen (secondary N) is 1. The van der Waals surface area contributed by atoms with Gasteiger partial charge in [-0.1, -0.05) is 29.3 Å². The number of hydrogen-bond donors (Lipinski definition) is 2. The van der Waals surface area contributed by atoms with Crippen LogP contribution in [0.1, 0.15) is 15.2 Å². The van der Waals surface area contributed by atoms with E-state index in [1.165, 1.54) is 23.5 Å². The Balaban J connectivity index is 2.17. The third kappa shape index (κ3) is 4.23. The molecule has 8 heteroatoms. The molecular formula is C14H10BrCl2NO3S. The van der Waals surface area contributed by atoms with Crippen molar-refractivity contribution in [1.29, 1.82) is 0 Å². The second-order valence-electron chi connectivity index (χ2n) is 4.40. The summed E-state index contributed by atoms with van der Waals surface area (Å²) >= 11 is 16.6. The van der Waals surface area contributed by atoms with Crippen LogP contribution in [0.15, 0.2) is 34.1 Å². The van der Waals surface area contributed by atoms with Gasteiger partial charge in [0.1, 0.15) is 6.04 Å². The monoisotopic (exact) mass is 421 g/mol. The van der Waals surface area contributed by atoms with Gasteiger partial charge >= 0.3 is 5.97 Å². The predicted molar refractivity (Wildman–Crippen MR) is 91.1 cm³/mol. The van der Waals surface area contributed by atoms with E-state index in [2.05, 4.69) is 21.2 Å². The van der Waals surface area contributed by atoms with Crippen LogP contribution in [0.4, 0.5) is 0 Å². The van der Waals surface area contributed by atoms with Crippen LogP contribution >= 0.6 is 50.5 Å². The van der Waals surface area contributed by atoms with Gasteiger partial charge in [-0.2, -0.15) is 0 Å². The second kappa shape index (κ2) is 7.46. The summed E-state index contributed by atoms with van der Waals surface area (Å²) in [4.78, 5) is 24.4. The summed E-state index contributed by atoms with van der Waals surface area (Å²) in [6.07, 6.45) is 0.180. The minimum absolute atomic E-state index is 0.0736. The zero-order chi connectivity index (χ0) is 16.3. The lowest BCUT2D eigenvalue weighted by atomic mass is 10.1. The second-order valence-corrected chi connectivity index (χ2v) is 7.12. The summed E-state index contributed by atoms with van der Waals surface area (Å²) in [5, 5.41) is 13.9. The van der Waals surface area contributed by atoms with Crippen molar-refractivity contribution in [2.24, 2.45) is 0 Å². The molecule has 0 saturated heterocycles. The molecule has 22 heavy (non-hydrogen) atoms. The highest BCUT2D eigenvalue weighted by atomic mass is 79.9. The van der Waals surface area contributed by atoms with Gasteiger partial charge in [0.25, 0.3) is 5.91 Å². The molecule has 0 radical (unpaired) electrons. The van der Waals surface area contributed by atoms with Crippen molar-refractivity contribution in [3.8, 4) is 0 Å². The van der Waals surface area contributed by atoms with Crippen molar-refractivity contribution >= 4 is 62.3 Å². The number of amides is 1. The molecule has 4 nitrogen and oxygen atoms in total. The smallest absolute Gasteiger partial charge is 0.326 e. The van der Waals surface area contributed by atoms with Crippen LogP contribution in [0.5, 0.6) is 0 Å². The highest BCUT2D eigenvalue weighted by molar-refractivity contribution is 9.10. The van der Waals surface area contributed by atoms with Crippen molar-refractivity contribution in [2.75, 3.05) is 0 Å². The molecule has 0 aliphatic carbocycles. The summed E-state index contributed by atoms with van der Waals surface area (Å²) in [6.45, 7) is 0. The van der Waals surface area contributed by atoms with Gasteiger partial charge in [-0.05, 0) is 34.1 Å². The zero-order valence-electron chi connectivity index (χ0n) is 11.0. The Hall–Kier alpha value is -1.08. The van der Waals surface area contributed by atoms with Crippen molar-refractivity contribution in [3.63, 3.8) is 0 Å². The first kappa shape index (κ1) is 17.3. The van der Waals surface area contributed by atoms with Crippen molar-refractivity contribution in [3.05, 3.63) is 54.6 Å². The Bertz CT molecular complexity index is 700. The maximum absolute atomic E-state index is 12.2. The van der Waals surface area contributed by atoms with Gasteiger partial charge < -0.3 is 10.4 Å². The van der Waals surface area contributed by atoms with E-state index in [1.807, 2.05) is 11.4 Å². The first-order chi connectivity index (χ1) is 10.4. The van der Waals surface area contributed by atoms with Crippen LogP contribution in [0.2, 0.25) is 10.0 Å². The zero-order valence-corrected chi connectivity index (χ0v) is 14.9. The third-order valence-corrected chi connectivity index (χ3v) is 5.17. The number of hydrogen-bond acceptors (Lipinski definition) is 3. The number of thiophene rings is 1. The summed E-state index contributed by atoms with van der Waals surface area (Å²) < 4.78 is 0.872. The van der Waals surface area contributed by atoms with Crippen LogP contribution in [-0.4, -0.2) is 23.0 Å². The molecule has 0 fully saturated rings. The van der Waals surface area contributed by atoms with Gasteiger partial charge in [0, 0.05) is 21.2 Å².